The molecule has 0 amide bonds. The highest BCUT2D eigenvalue weighted by atomic mass is 79.9. The van der Waals surface area contributed by atoms with Gasteiger partial charge in [-0.05, 0) is 66.4 Å². The van der Waals surface area contributed by atoms with Crippen molar-refractivity contribution >= 4 is 50.0 Å². The van der Waals surface area contributed by atoms with Crippen LogP contribution in [0.15, 0.2) is 21.1 Å². The molecule has 0 aliphatic heterocycles. The highest BCUT2D eigenvalue weighted by molar-refractivity contribution is 9.11. The Morgan fingerprint density at radius 1 is 1.35 bits per heavy atom. The molecule has 1 aliphatic rings. The topological polar surface area (TPSA) is 49.5 Å². The molecule has 1 aliphatic carbocycles. The smallest absolute Gasteiger partial charge is 0.0555 e. The van der Waals surface area contributed by atoms with E-state index in [0.29, 0.717) is 6.04 Å². The summed E-state index contributed by atoms with van der Waals surface area (Å²) in [6.07, 6.45) is 3.92. The number of aliphatic hydroxyl groups is 1. The molecule has 3 nitrogen and oxygen atoms in total. The first-order valence-corrected chi connectivity index (χ1v) is 8.17. The Bertz CT molecular complexity index is 459. The lowest BCUT2D eigenvalue weighted by molar-refractivity contribution is 0.0701. The van der Waals surface area contributed by atoms with Crippen molar-refractivity contribution in [2.75, 3.05) is 12.8 Å². The Hall–Kier alpha value is 0.190. The predicted molar refractivity (Wildman–Crippen MR) is 93.2 cm³/mol. The number of rotatable bonds is 3. The summed E-state index contributed by atoms with van der Waals surface area (Å²) >= 11 is 6.98. The molecule has 3 N–H and O–H groups in total. The normalized spacial score (nSPS) is 22.6. The van der Waals surface area contributed by atoms with Crippen LogP contribution in [0, 0.1) is 0 Å². The van der Waals surface area contributed by atoms with Gasteiger partial charge in [0.15, 0.2) is 0 Å². The second kappa shape index (κ2) is 7.99. The van der Waals surface area contributed by atoms with Crippen molar-refractivity contribution in [1.29, 1.82) is 0 Å². The van der Waals surface area contributed by atoms with Gasteiger partial charge in [-0.3, -0.25) is 4.90 Å². The number of halogens is 3. The minimum Gasteiger partial charge on any atom is -0.398 e. The standard InChI is InChI=1S/C14H20Br2N2O.ClH/c1-18(11-3-2-4-12(19)7-11)8-9-5-10(15)6-13(16)14(9)17;/h5-6,11-12,19H,2-4,7-8,17H2,1H3;1H/t11-,12+;/m1./s1. The van der Waals surface area contributed by atoms with Crippen molar-refractivity contribution in [3.05, 3.63) is 26.6 Å². The number of hydrogen-bond acceptors (Lipinski definition) is 3. The van der Waals surface area contributed by atoms with Crippen LogP contribution in [0.3, 0.4) is 0 Å². The highest BCUT2D eigenvalue weighted by Gasteiger charge is 2.24. The maximum atomic E-state index is 9.77. The third-order valence-corrected chi connectivity index (χ3v) is 4.96. The van der Waals surface area contributed by atoms with Crippen LogP contribution in [0.2, 0.25) is 0 Å². The molecular formula is C14H21Br2ClN2O. The van der Waals surface area contributed by atoms with Crippen LogP contribution in [0.25, 0.3) is 0 Å². The summed E-state index contributed by atoms with van der Waals surface area (Å²) < 4.78 is 1.95. The van der Waals surface area contributed by atoms with E-state index >= 15 is 0 Å². The fraction of sp³-hybridized carbons (Fsp3) is 0.571. The SMILES string of the molecule is CN(Cc1cc(Br)cc(Br)c1N)[C@@H]1CCC[C@H](O)C1.Cl. The molecule has 2 rings (SSSR count). The number of benzene rings is 1. The molecular weight excluding hydrogens is 407 g/mol. The van der Waals surface area contributed by atoms with Crippen molar-refractivity contribution in [3.63, 3.8) is 0 Å². The highest BCUT2D eigenvalue weighted by Crippen LogP contribution is 2.30. The lowest BCUT2D eigenvalue weighted by atomic mass is 9.92. The van der Waals surface area contributed by atoms with Gasteiger partial charge in [0, 0.05) is 21.5 Å². The molecule has 6 heteroatoms. The van der Waals surface area contributed by atoms with Gasteiger partial charge < -0.3 is 10.8 Å². The van der Waals surface area contributed by atoms with Gasteiger partial charge in [-0.2, -0.15) is 0 Å². The van der Waals surface area contributed by atoms with Crippen molar-refractivity contribution in [2.24, 2.45) is 0 Å². The van der Waals surface area contributed by atoms with E-state index < -0.39 is 0 Å². The molecule has 0 unspecified atom stereocenters. The fourth-order valence-electron chi connectivity index (χ4n) is 2.71. The van der Waals surface area contributed by atoms with Gasteiger partial charge in [0.05, 0.1) is 11.8 Å². The van der Waals surface area contributed by atoms with Crippen molar-refractivity contribution < 1.29 is 5.11 Å². The third kappa shape index (κ3) is 4.60. The predicted octanol–water partition coefficient (Wildman–Crippen LogP) is 3.95. The number of aliphatic hydroxyl groups excluding tert-OH is 1. The van der Waals surface area contributed by atoms with Gasteiger partial charge in [-0.25, -0.2) is 0 Å². The van der Waals surface area contributed by atoms with E-state index in [4.69, 9.17) is 5.73 Å². The lowest BCUT2D eigenvalue weighted by Gasteiger charge is -2.33. The Kier molecular flexibility index (Phi) is 7.29. The van der Waals surface area contributed by atoms with Crippen molar-refractivity contribution in [3.8, 4) is 0 Å². The van der Waals surface area contributed by atoms with Gasteiger partial charge in [0.2, 0.25) is 0 Å². The van der Waals surface area contributed by atoms with Gasteiger partial charge >= 0.3 is 0 Å². The molecule has 0 spiro atoms. The minimum atomic E-state index is -0.146. The number of nitrogen functional groups attached to an aromatic ring is 1. The van der Waals surface area contributed by atoms with Crippen LogP contribution in [0.1, 0.15) is 31.2 Å². The average molecular weight is 429 g/mol. The first-order chi connectivity index (χ1) is 8.97. The molecule has 0 bridgehead atoms. The number of hydrogen-bond donors (Lipinski definition) is 2. The number of anilines is 1. The summed E-state index contributed by atoms with van der Waals surface area (Å²) in [4.78, 5) is 2.30. The summed E-state index contributed by atoms with van der Waals surface area (Å²) in [5.74, 6) is 0. The number of nitrogens with two attached hydrogens (primary N) is 1. The molecule has 114 valence electrons. The van der Waals surface area contributed by atoms with Gasteiger partial charge in [-0.1, -0.05) is 15.9 Å². The summed E-state index contributed by atoms with van der Waals surface area (Å²) in [5, 5.41) is 9.77. The second-order valence-electron chi connectivity index (χ2n) is 5.35. The van der Waals surface area contributed by atoms with E-state index in [9.17, 15) is 5.11 Å². The zero-order chi connectivity index (χ0) is 14.0. The lowest BCUT2D eigenvalue weighted by Crippen LogP contribution is -2.37. The second-order valence-corrected chi connectivity index (χ2v) is 7.12. The van der Waals surface area contributed by atoms with Gasteiger partial charge in [-0.15, -0.1) is 12.4 Å². The summed E-state index contributed by atoms with van der Waals surface area (Å²) in [7, 11) is 2.11. The zero-order valence-electron chi connectivity index (χ0n) is 11.5. The van der Waals surface area contributed by atoms with Crippen LogP contribution in [0.5, 0.6) is 0 Å². The monoisotopic (exact) mass is 426 g/mol. The van der Waals surface area contributed by atoms with E-state index in [0.717, 1.165) is 52.4 Å². The van der Waals surface area contributed by atoms with Crippen LogP contribution in [-0.4, -0.2) is 29.2 Å². The molecule has 1 saturated carbocycles. The molecule has 20 heavy (non-hydrogen) atoms. The average Bonchev–Trinajstić information content (AvgIpc) is 2.35. The number of nitrogens with zero attached hydrogens (tertiary/aromatic N) is 1. The van der Waals surface area contributed by atoms with Crippen LogP contribution in [-0.2, 0) is 6.54 Å². The maximum Gasteiger partial charge on any atom is 0.0555 e. The van der Waals surface area contributed by atoms with Crippen LogP contribution in [0.4, 0.5) is 5.69 Å². The summed E-state index contributed by atoms with van der Waals surface area (Å²) in [5.41, 5.74) is 8.03. The van der Waals surface area contributed by atoms with Gasteiger partial charge in [0.1, 0.15) is 0 Å². The van der Waals surface area contributed by atoms with Gasteiger partial charge in [0.25, 0.3) is 0 Å². The Balaban J connectivity index is 0.00000200. The third-order valence-electron chi connectivity index (χ3n) is 3.84. The zero-order valence-corrected chi connectivity index (χ0v) is 15.5. The van der Waals surface area contributed by atoms with Crippen LogP contribution < -0.4 is 5.73 Å². The van der Waals surface area contributed by atoms with E-state index in [-0.39, 0.29) is 18.5 Å². The summed E-state index contributed by atoms with van der Waals surface area (Å²) in [6, 6.07) is 4.47. The molecule has 0 aromatic heterocycles. The van der Waals surface area contributed by atoms with Crippen LogP contribution >= 0.6 is 44.3 Å². The molecule has 0 saturated heterocycles. The Morgan fingerprint density at radius 2 is 2.05 bits per heavy atom. The fourth-order valence-corrected chi connectivity index (χ4v) is 4.02. The first kappa shape index (κ1) is 18.2. The molecule has 0 heterocycles. The van der Waals surface area contributed by atoms with Crippen molar-refractivity contribution in [1.82, 2.24) is 4.90 Å². The minimum absolute atomic E-state index is 0. The molecule has 2 atom stereocenters. The Morgan fingerprint density at radius 3 is 2.70 bits per heavy atom. The first-order valence-electron chi connectivity index (χ1n) is 6.59. The van der Waals surface area contributed by atoms with Crippen molar-refractivity contribution in [2.45, 2.75) is 44.4 Å². The molecule has 1 aromatic rings. The molecule has 1 fully saturated rings. The molecule has 1 aromatic carbocycles. The Labute approximate surface area is 143 Å². The molecule has 0 radical (unpaired) electrons. The van der Waals surface area contributed by atoms with E-state index in [2.05, 4.69) is 49.9 Å². The maximum absolute atomic E-state index is 9.77. The summed E-state index contributed by atoms with van der Waals surface area (Å²) in [6.45, 7) is 0.807. The van der Waals surface area contributed by atoms with E-state index in [1.165, 1.54) is 0 Å². The van der Waals surface area contributed by atoms with E-state index in [1.54, 1.807) is 0 Å². The quantitative estimate of drug-likeness (QED) is 0.717. The largest absolute Gasteiger partial charge is 0.398 e. The van der Waals surface area contributed by atoms with E-state index in [1.807, 2.05) is 6.07 Å².